The van der Waals surface area contributed by atoms with Crippen molar-refractivity contribution >= 4 is 5.97 Å². The summed E-state index contributed by atoms with van der Waals surface area (Å²) in [5.74, 6) is -1.08. The third-order valence-electron chi connectivity index (χ3n) is 3.78. The molecule has 0 aromatic heterocycles. The van der Waals surface area contributed by atoms with Crippen molar-refractivity contribution in [2.24, 2.45) is 10.8 Å². The second-order valence-corrected chi connectivity index (χ2v) is 4.63. The van der Waals surface area contributed by atoms with Crippen LogP contribution in [0.2, 0.25) is 0 Å². The van der Waals surface area contributed by atoms with E-state index in [4.69, 9.17) is 5.11 Å². The Bertz CT molecular complexity index is 216. The molecule has 13 heavy (non-hydrogen) atoms. The van der Waals surface area contributed by atoms with Crippen LogP contribution in [0.15, 0.2) is 0 Å². The summed E-state index contributed by atoms with van der Waals surface area (Å²) in [4.78, 5) is 10.7. The van der Waals surface area contributed by atoms with E-state index in [0.717, 1.165) is 19.3 Å². The number of rotatable bonds is 4. The molecule has 0 aromatic carbocycles. The van der Waals surface area contributed by atoms with Gasteiger partial charge in [0.15, 0.2) is 6.10 Å². The van der Waals surface area contributed by atoms with E-state index in [9.17, 15) is 9.90 Å². The van der Waals surface area contributed by atoms with E-state index in [1.54, 1.807) is 0 Å². The third-order valence-corrected chi connectivity index (χ3v) is 3.78. The lowest BCUT2D eigenvalue weighted by Crippen LogP contribution is -2.40. The molecule has 1 unspecified atom stereocenters. The highest BCUT2D eigenvalue weighted by molar-refractivity contribution is 5.74. The van der Waals surface area contributed by atoms with Crippen LogP contribution in [-0.2, 0) is 4.79 Å². The fourth-order valence-corrected chi connectivity index (χ4v) is 2.04. The van der Waals surface area contributed by atoms with Gasteiger partial charge in [-0.3, -0.25) is 0 Å². The highest BCUT2D eigenvalue weighted by atomic mass is 16.4. The molecule has 1 rings (SSSR count). The predicted molar refractivity (Wildman–Crippen MR) is 49.4 cm³/mol. The largest absolute Gasteiger partial charge is 0.479 e. The summed E-state index contributed by atoms with van der Waals surface area (Å²) in [5.41, 5.74) is -0.446. The van der Waals surface area contributed by atoms with Crippen molar-refractivity contribution in [3.05, 3.63) is 0 Å². The molecule has 2 N–H and O–H groups in total. The first-order valence-corrected chi connectivity index (χ1v) is 4.78. The molecule has 76 valence electrons. The average molecular weight is 186 g/mol. The van der Waals surface area contributed by atoms with Crippen molar-refractivity contribution in [2.45, 2.75) is 46.1 Å². The summed E-state index contributed by atoms with van der Waals surface area (Å²) in [6, 6.07) is 0. The SMILES string of the molecule is CCC(C)(C)C1(C(O)C(=O)O)CC1. The molecule has 0 saturated heterocycles. The van der Waals surface area contributed by atoms with Crippen LogP contribution >= 0.6 is 0 Å². The maximum atomic E-state index is 10.7. The maximum Gasteiger partial charge on any atom is 0.333 e. The van der Waals surface area contributed by atoms with Gasteiger partial charge >= 0.3 is 5.97 Å². The number of aliphatic hydroxyl groups is 1. The zero-order chi connectivity index (χ0) is 10.3. The summed E-state index contributed by atoms with van der Waals surface area (Å²) >= 11 is 0. The fraction of sp³-hybridized carbons (Fsp3) is 0.900. The highest BCUT2D eigenvalue weighted by Gasteiger charge is 2.60. The Balaban J connectivity index is 2.83. The van der Waals surface area contributed by atoms with E-state index in [0.29, 0.717) is 0 Å². The van der Waals surface area contributed by atoms with Gasteiger partial charge in [-0.05, 0) is 18.3 Å². The minimum Gasteiger partial charge on any atom is -0.479 e. The van der Waals surface area contributed by atoms with Crippen molar-refractivity contribution in [1.82, 2.24) is 0 Å². The number of aliphatic hydroxyl groups excluding tert-OH is 1. The Labute approximate surface area is 78.8 Å². The van der Waals surface area contributed by atoms with Crippen LogP contribution in [0.5, 0.6) is 0 Å². The van der Waals surface area contributed by atoms with Crippen LogP contribution in [0.25, 0.3) is 0 Å². The number of carboxylic acids is 1. The molecule has 1 aliphatic carbocycles. The van der Waals surface area contributed by atoms with Crippen molar-refractivity contribution in [1.29, 1.82) is 0 Å². The van der Waals surface area contributed by atoms with Gasteiger partial charge in [0.25, 0.3) is 0 Å². The molecule has 3 nitrogen and oxygen atoms in total. The summed E-state index contributed by atoms with van der Waals surface area (Å²) in [6.45, 7) is 6.10. The molecule has 1 aliphatic rings. The van der Waals surface area contributed by atoms with Crippen molar-refractivity contribution in [3.8, 4) is 0 Å². The summed E-state index contributed by atoms with van der Waals surface area (Å²) < 4.78 is 0. The second-order valence-electron chi connectivity index (χ2n) is 4.63. The van der Waals surface area contributed by atoms with Crippen molar-refractivity contribution in [2.75, 3.05) is 0 Å². The van der Waals surface area contributed by atoms with Crippen LogP contribution in [-0.4, -0.2) is 22.3 Å². The minimum absolute atomic E-state index is 0.0786. The van der Waals surface area contributed by atoms with Gasteiger partial charge in [0.2, 0.25) is 0 Å². The van der Waals surface area contributed by atoms with E-state index in [1.807, 2.05) is 20.8 Å². The van der Waals surface area contributed by atoms with Gasteiger partial charge in [0.1, 0.15) is 0 Å². The van der Waals surface area contributed by atoms with Gasteiger partial charge in [-0.2, -0.15) is 0 Å². The average Bonchev–Trinajstić information content (AvgIpc) is 2.83. The Morgan fingerprint density at radius 3 is 2.23 bits per heavy atom. The van der Waals surface area contributed by atoms with Gasteiger partial charge in [-0.15, -0.1) is 0 Å². The number of carboxylic acid groups (broad SMARTS) is 1. The van der Waals surface area contributed by atoms with E-state index in [2.05, 4.69) is 0 Å². The molecule has 1 saturated carbocycles. The molecule has 0 spiro atoms. The zero-order valence-electron chi connectivity index (χ0n) is 8.50. The number of carbonyl (C=O) groups is 1. The topological polar surface area (TPSA) is 57.5 Å². The van der Waals surface area contributed by atoms with Gasteiger partial charge in [0, 0.05) is 5.41 Å². The Morgan fingerprint density at radius 2 is 2.00 bits per heavy atom. The third kappa shape index (κ3) is 1.46. The Morgan fingerprint density at radius 1 is 1.54 bits per heavy atom. The monoisotopic (exact) mass is 186 g/mol. The van der Waals surface area contributed by atoms with Crippen molar-refractivity contribution < 1.29 is 15.0 Å². The van der Waals surface area contributed by atoms with E-state index in [1.165, 1.54) is 0 Å². The molecular formula is C10H18O3. The van der Waals surface area contributed by atoms with Crippen LogP contribution in [0.3, 0.4) is 0 Å². The molecule has 0 amide bonds. The quantitative estimate of drug-likeness (QED) is 0.701. The lowest BCUT2D eigenvalue weighted by atomic mass is 9.70. The molecule has 0 radical (unpaired) electrons. The molecule has 0 bridgehead atoms. The highest BCUT2D eigenvalue weighted by Crippen LogP contribution is 2.62. The second kappa shape index (κ2) is 2.98. The first-order valence-electron chi connectivity index (χ1n) is 4.78. The van der Waals surface area contributed by atoms with E-state index >= 15 is 0 Å². The number of aliphatic carboxylic acids is 1. The number of hydrogen-bond acceptors (Lipinski definition) is 2. The molecule has 1 fully saturated rings. The molecule has 0 aromatic rings. The van der Waals surface area contributed by atoms with Crippen molar-refractivity contribution in [3.63, 3.8) is 0 Å². The number of hydrogen-bond donors (Lipinski definition) is 2. The maximum absolute atomic E-state index is 10.7. The molecule has 0 heterocycles. The summed E-state index contributed by atoms with van der Waals surface area (Å²) in [7, 11) is 0. The van der Waals surface area contributed by atoms with Gasteiger partial charge in [0.05, 0.1) is 0 Å². The van der Waals surface area contributed by atoms with Gasteiger partial charge < -0.3 is 10.2 Å². The van der Waals surface area contributed by atoms with Gasteiger partial charge in [-0.1, -0.05) is 27.2 Å². The first kappa shape index (κ1) is 10.5. The van der Waals surface area contributed by atoms with Crippen LogP contribution < -0.4 is 0 Å². The smallest absolute Gasteiger partial charge is 0.333 e. The lowest BCUT2D eigenvalue weighted by molar-refractivity contribution is -0.154. The van der Waals surface area contributed by atoms with E-state index < -0.39 is 12.1 Å². The molecule has 0 aliphatic heterocycles. The van der Waals surface area contributed by atoms with Gasteiger partial charge in [-0.25, -0.2) is 4.79 Å². The van der Waals surface area contributed by atoms with E-state index in [-0.39, 0.29) is 10.8 Å². The zero-order valence-corrected chi connectivity index (χ0v) is 8.50. The van der Waals surface area contributed by atoms with Crippen LogP contribution in [0.1, 0.15) is 40.0 Å². The first-order chi connectivity index (χ1) is 5.87. The predicted octanol–water partition coefficient (Wildman–Crippen LogP) is 1.65. The fourth-order valence-electron chi connectivity index (χ4n) is 2.04. The molecule has 3 heteroatoms. The molecule has 1 atom stereocenters. The Kier molecular flexibility index (Phi) is 2.41. The Hall–Kier alpha value is -0.570. The normalized spacial score (nSPS) is 22.5. The summed E-state index contributed by atoms with van der Waals surface area (Å²) in [5, 5.41) is 18.4. The standard InChI is InChI=1S/C10H18O3/c1-4-9(2,3)10(5-6-10)7(11)8(12)13/h7,11H,4-6H2,1-3H3,(H,12,13). The lowest BCUT2D eigenvalue weighted by Gasteiger charge is -2.35. The molecular weight excluding hydrogens is 168 g/mol. The minimum atomic E-state index is -1.19. The summed E-state index contributed by atoms with van der Waals surface area (Å²) in [6.07, 6.45) is 1.38. The van der Waals surface area contributed by atoms with Crippen LogP contribution in [0, 0.1) is 10.8 Å². The van der Waals surface area contributed by atoms with Crippen LogP contribution in [0.4, 0.5) is 0 Å².